The third kappa shape index (κ3) is 3.48. The summed E-state index contributed by atoms with van der Waals surface area (Å²) in [6.45, 7) is -0.352. The van der Waals surface area contributed by atoms with Crippen LogP contribution in [0.5, 0.6) is 0 Å². The highest BCUT2D eigenvalue weighted by atomic mass is 32.2. The van der Waals surface area contributed by atoms with Crippen LogP contribution < -0.4 is 11.5 Å². The van der Waals surface area contributed by atoms with Gasteiger partial charge in [0, 0.05) is 16.7 Å². The zero-order chi connectivity index (χ0) is 13.0. The van der Waals surface area contributed by atoms with Crippen LogP contribution in [0.3, 0.4) is 0 Å². The van der Waals surface area contributed by atoms with E-state index in [0.29, 0.717) is 4.90 Å². The third-order valence-corrected chi connectivity index (χ3v) is 3.21. The molecule has 0 fully saturated rings. The van der Waals surface area contributed by atoms with Gasteiger partial charge in [0.2, 0.25) is 0 Å². The van der Waals surface area contributed by atoms with Crippen LogP contribution in [0.2, 0.25) is 0 Å². The van der Waals surface area contributed by atoms with Crippen molar-refractivity contribution in [3.63, 3.8) is 0 Å². The molecule has 0 heterocycles. The molecule has 94 valence electrons. The second-order valence-corrected chi connectivity index (χ2v) is 4.42. The number of nitro benzene ring substituents is 1. The summed E-state index contributed by atoms with van der Waals surface area (Å²) in [4.78, 5) is 10.5. The Hall–Kier alpha value is -1.51. The van der Waals surface area contributed by atoms with Gasteiger partial charge in [0.05, 0.1) is 23.3 Å². The third-order valence-electron chi connectivity index (χ3n) is 2.00. The van der Waals surface area contributed by atoms with Gasteiger partial charge in [-0.3, -0.25) is 10.1 Å². The first-order valence-electron chi connectivity index (χ1n) is 4.70. The number of benzene rings is 1. The highest BCUT2D eigenvalue weighted by molar-refractivity contribution is 7.99. The minimum Gasteiger partial charge on any atom is -0.398 e. The van der Waals surface area contributed by atoms with Gasteiger partial charge in [0.25, 0.3) is 5.69 Å². The second kappa shape index (κ2) is 5.71. The fourth-order valence-electron chi connectivity index (χ4n) is 1.12. The van der Waals surface area contributed by atoms with Gasteiger partial charge in [0.1, 0.15) is 5.69 Å². The number of aliphatic hydroxyl groups is 2. The summed E-state index contributed by atoms with van der Waals surface area (Å²) >= 11 is 1.18. The number of rotatable bonds is 5. The zero-order valence-corrected chi connectivity index (χ0v) is 9.68. The molecule has 0 radical (unpaired) electrons. The molecule has 7 nitrogen and oxygen atoms in total. The van der Waals surface area contributed by atoms with E-state index in [0.717, 1.165) is 0 Å². The van der Waals surface area contributed by atoms with Crippen molar-refractivity contribution in [2.45, 2.75) is 11.0 Å². The van der Waals surface area contributed by atoms with E-state index in [1.54, 1.807) is 0 Å². The first kappa shape index (κ1) is 13.6. The minimum absolute atomic E-state index is 0.0187. The van der Waals surface area contributed by atoms with E-state index in [2.05, 4.69) is 0 Å². The standard InChI is InChI=1S/C9H13N3O4S/c10-6-2-9(17-4-5(14)3-13)7(11)1-8(6)12(15)16/h1-2,5,13-14H,3-4,10-11H2. The number of nitrogens with zero attached hydrogens (tertiary/aromatic N) is 1. The van der Waals surface area contributed by atoms with Crippen LogP contribution in [0.15, 0.2) is 17.0 Å². The maximum Gasteiger partial charge on any atom is 0.294 e. The molecule has 0 aromatic heterocycles. The summed E-state index contributed by atoms with van der Waals surface area (Å²) in [5.41, 5.74) is 11.1. The Labute approximate surface area is 102 Å². The smallest absolute Gasteiger partial charge is 0.294 e. The molecule has 0 aliphatic heterocycles. The van der Waals surface area contributed by atoms with E-state index in [4.69, 9.17) is 16.6 Å². The van der Waals surface area contributed by atoms with E-state index in [-0.39, 0.29) is 29.4 Å². The highest BCUT2D eigenvalue weighted by Crippen LogP contribution is 2.33. The highest BCUT2D eigenvalue weighted by Gasteiger charge is 2.15. The number of thioether (sulfide) groups is 1. The van der Waals surface area contributed by atoms with Crippen LogP contribution in [0.1, 0.15) is 0 Å². The lowest BCUT2D eigenvalue weighted by Crippen LogP contribution is -2.14. The molecule has 0 amide bonds. The Bertz CT molecular complexity index is 427. The Kier molecular flexibility index (Phi) is 4.55. The van der Waals surface area contributed by atoms with Gasteiger partial charge in [-0.05, 0) is 6.07 Å². The second-order valence-electron chi connectivity index (χ2n) is 3.35. The van der Waals surface area contributed by atoms with Gasteiger partial charge in [-0.2, -0.15) is 0 Å². The summed E-state index contributed by atoms with van der Waals surface area (Å²) in [6, 6.07) is 2.57. The van der Waals surface area contributed by atoms with E-state index < -0.39 is 11.0 Å². The predicted molar refractivity (Wildman–Crippen MR) is 65.7 cm³/mol. The van der Waals surface area contributed by atoms with Gasteiger partial charge >= 0.3 is 0 Å². The molecule has 0 spiro atoms. The topological polar surface area (TPSA) is 136 Å². The number of nitrogen functional groups attached to an aromatic ring is 2. The average Bonchev–Trinajstić information content (AvgIpc) is 2.28. The molecular weight excluding hydrogens is 246 g/mol. The van der Waals surface area contributed by atoms with Crippen molar-refractivity contribution in [1.82, 2.24) is 0 Å². The van der Waals surface area contributed by atoms with Gasteiger partial charge in [-0.15, -0.1) is 11.8 Å². The van der Waals surface area contributed by atoms with Gasteiger partial charge < -0.3 is 21.7 Å². The van der Waals surface area contributed by atoms with E-state index in [1.807, 2.05) is 0 Å². The van der Waals surface area contributed by atoms with E-state index in [9.17, 15) is 15.2 Å². The monoisotopic (exact) mass is 259 g/mol. The molecular formula is C9H13N3O4S. The molecule has 1 aromatic rings. The largest absolute Gasteiger partial charge is 0.398 e. The summed E-state index contributed by atoms with van der Waals surface area (Å²) in [5, 5.41) is 28.4. The number of aliphatic hydroxyl groups excluding tert-OH is 2. The Balaban J connectivity index is 2.88. The van der Waals surface area contributed by atoms with Crippen molar-refractivity contribution in [1.29, 1.82) is 0 Å². The number of nitrogens with two attached hydrogens (primary N) is 2. The van der Waals surface area contributed by atoms with Gasteiger partial charge in [-0.1, -0.05) is 0 Å². The first-order chi connectivity index (χ1) is 7.95. The molecule has 0 aliphatic carbocycles. The van der Waals surface area contributed by atoms with Crippen molar-refractivity contribution in [3.05, 3.63) is 22.2 Å². The molecule has 1 unspecified atom stereocenters. The van der Waals surface area contributed by atoms with Crippen LogP contribution in [-0.2, 0) is 0 Å². The van der Waals surface area contributed by atoms with Crippen LogP contribution in [0.4, 0.5) is 17.1 Å². The molecule has 0 saturated heterocycles. The van der Waals surface area contributed by atoms with Crippen LogP contribution in [0, 0.1) is 10.1 Å². The molecule has 1 rings (SSSR count). The van der Waals surface area contributed by atoms with Gasteiger partial charge in [-0.25, -0.2) is 0 Å². The van der Waals surface area contributed by atoms with Crippen molar-refractivity contribution < 1.29 is 15.1 Å². The molecule has 8 heteroatoms. The molecule has 0 saturated carbocycles. The summed E-state index contributed by atoms with van der Waals surface area (Å²) < 4.78 is 0. The predicted octanol–water partition coefficient (Wildman–Crippen LogP) is 0.205. The summed E-state index contributed by atoms with van der Waals surface area (Å²) in [6.07, 6.45) is -0.865. The van der Waals surface area contributed by atoms with Crippen LogP contribution in [0.25, 0.3) is 0 Å². The summed E-state index contributed by atoms with van der Waals surface area (Å²) in [7, 11) is 0. The number of hydrogen-bond acceptors (Lipinski definition) is 7. The van der Waals surface area contributed by atoms with E-state index in [1.165, 1.54) is 23.9 Å². The molecule has 17 heavy (non-hydrogen) atoms. The van der Waals surface area contributed by atoms with Crippen LogP contribution in [-0.4, -0.2) is 33.6 Å². The Morgan fingerprint density at radius 3 is 2.59 bits per heavy atom. The van der Waals surface area contributed by atoms with Crippen molar-refractivity contribution >= 4 is 28.8 Å². The molecule has 0 aliphatic rings. The maximum absolute atomic E-state index is 10.6. The number of anilines is 2. The Morgan fingerprint density at radius 2 is 2.06 bits per heavy atom. The molecule has 1 atom stereocenters. The Morgan fingerprint density at radius 1 is 1.41 bits per heavy atom. The van der Waals surface area contributed by atoms with Gasteiger partial charge in [0.15, 0.2) is 0 Å². The SMILES string of the molecule is Nc1cc([N+](=O)[O-])c(N)cc1SCC(O)CO. The lowest BCUT2D eigenvalue weighted by Gasteiger charge is -2.09. The van der Waals surface area contributed by atoms with Crippen molar-refractivity contribution in [2.75, 3.05) is 23.8 Å². The normalized spacial score (nSPS) is 12.4. The first-order valence-corrected chi connectivity index (χ1v) is 5.69. The minimum atomic E-state index is -0.865. The summed E-state index contributed by atoms with van der Waals surface area (Å²) in [5.74, 6) is 0.234. The van der Waals surface area contributed by atoms with Crippen molar-refractivity contribution in [3.8, 4) is 0 Å². The van der Waals surface area contributed by atoms with Crippen molar-refractivity contribution in [2.24, 2.45) is 0 Å². The fourth-order valence-corrected chi connectivity index (χ4v) is 2.04. The average molecular weight is 259 g/mol. The lowest BCUT2D eigenvalue weighted by molar-refractivity contribution is -0.383. The molecule has 0 bridgehead atoms. The zero-order valence-electron chi connectivity index (χ0n) is 8.87. The number of hydrogen-bond donors (Lipinski definition) is 4. The van der Waals surface area contributed by atoms with Crippen LogP contribution >= 0.6 is 11.8 Å². The molecule has 1 aromatic carbocycles. The quantitative estimate of drug-likeness (QED) is 0.257. The van der Waals surface area contributed by atoms with E-state index >= 15 is 0 Å². The number of nitro groups is 1. The fraction of sp³-hybridized carbons (Fsp3) is 0.333. The molecule has 6 N–H and O–H groups in total. The maximum atomic E-state index is 10.6. The lowest BCUT2D eigenvalue weighted by atomic mass is 10.2.